The minimum Gasteiger partial charge on any atom is -0.394 e. The van der Waals surface area contributed by atoms with Gasteiger partial charge >= 0.3 is 0 Å². The zero-order valence-electron chi connectivity index (χ0n) is 29.5. The van der Waals surface area contributed by atoms with Gasteiger partial charge < -0.3 is 129 Å². The molecule has 5 rings (SSSR count). The SMILES string of the molecule is OC[C@@H]1O[C@](CO)(OC[C@@H]2O[C@](CO[C@@]3(CO)O[C@@H](CO)[C@H](O)[C@H]3O)(OC[C@H]3O[C@H](O[C@]4(CO)O[C@H](CO)[C@@H](O)[C@@H]4O)[C@H](O)[C@@H](O)[C@@H]3O)[C@H](O)[C@H]2O)[C@H](O)[C@H]1O. The fourth-order valence-electron chi connectivity index (χ4n) is 7.16. The number of aliphatic hydroxyl groups is 17. The maximum atomic E-state index is 11.4. The van der Waals surface area contributed by atoms with Gasteiger partial charge in [0.05, 0.1) is 33.0 Å². The molecule has 5 aliphatic rings. The Morgan fingerprint density at radius 3 is 1.21 bits per heavy atom. The van der Waals surface area contributed by atoms with Crippen LogP contribution in [-0.2, 0) is 42.6 Å². The maximum absolute atomic E-state index is 11.4. The summed E-state index contributed by atoms with van der Waals surface area (Å²) in [5, 5.41) is 176. The summed E-state index contributed by atoms with van der Waals surface area (Å²) in [5.74, 6) is -10.2. The van der Waals surface area contributed by atoms with E-state index in [1.807, 2.05) is 0 Å². The minimum atomic E-state index is -2.70. The smallest absolute Gasteiger partial charge is 0.224 e. The molecule has 0 saturated carbocycles. The van der Waals surface area contributed by atoms with Gasteiger partial charge in [-0.1, -0.05) is 0 Å². The molecule has 21 atom stereocenters. The molecule has 56 heavy (non-hydrogen) atoms. The van der Waals surface area contributed by atoms with Crippen molar-refractivity contribution in [1.82, 2.24) is 0 Å². The van der Waals surface area contributed by atoms with Crippen LogP contribution in [0.3, 0.4) is 0 Å². The molecule has 0 aliphatic carbocycles. The molecule has 5 aliphatic heterocycles. The highest BCUT2D eigenvalue weighted by atomic mass is 16.8. The predicted octanol–water partition coefficient (Wildman–Crippen LogP) is -11.9. The summed E-state index contributed by atoms with van der Waals surface area (Å²) in [7, 11) is 0. The third kappa shape index (κ3) is 7.97. The molecular formula is C30H52O26. The van der Waals surface area contributed by atoms with Crippen molar-refractivity contribution in [3.8, 4) is 0 Å². The molecule has 0 radical (unpaired) electrons. The number of ether oxygens (including phenoxy) is 9. The Balaban J connectivity index is 1.39. The Bertz CT molecular complexity index is 1270. The summed E-state index contributed by atoms with van der Waals surface area (Å²) in [6.45, 7) is -9.04. The molecular weight excluding hydrogens is 776 g/mol. The van der Waals surface area contributed by atoms with E-state index < -0.39 is 187 Å². The number of hydrogen-bond acceptors (Lipinski definition) is 26. The van der Waals surface area contributed by atoms with Crippen LogP contribution >= 0.6 is 0 Å². The van der Waals surface area contributed by atoms with Crippen molar-refractivity contribution in [3.63, 3.8) is 0 Å². The monoisotopic (exact) mass is 828 g/mol. The normalized spacial score (nSPS) is 52.3. The Morgan fingerprint density at radius 2 is 0.750 bits per heavy atom. The Morgan fingerprint density at radius 1 is 0.375 bits per heavy atom. The molecule has 0 bridgehead atoms. The summed E-state index contributed by atoms with van der Waals surface area (Å²) >= 11 is 0. The first-order valence-corrected chi connectivity index (χ1v) is 17.5. The minimum absolute atomic E-state index is 0.808. The van der Waals surface area contributed by atoms with Crippen LogP contribution in [0, 0.1) is 0 Å². The first kappa shape index (κ1) is 46.0. The van der Waals surface area contributed by atoms with E-state index in [0.717, 1.165) is 0 Å². The first-order chi connectivity index (χ1) is 26.4. The largest absolute Gasteiger partial charge is 0.394 e. The van der Waals surface area contributed by atoms with Gasteiger partial charge in [0.25, 0.3) is 0 Å². The Labute approximate surface area is 316 Å². The average molecular weight is 829 g/mol. The molecule has 0 aromatic heterocycles. The number of hydrogen-bond donors (Lipinski definition) is 17. The van der Waals surface area contributed by atoms with Gasteiger partial charge in [-0.2, -0.15) is 0 Å². The summed E-state index contributed by atoms with van der Waals surface area (Å²) in [4.78, 5) is 0. The van der Waals surface area contributed by atoms with Gasteiger partial charge in [-0.3, -0.25) is 0 Å². The van der Waals surface area contributed by atoms with Crippen molar-refractivity contribution >= 4 is 0 Å². The van der Waals surface area contributed by atoms with E-state index >= 15 is 0 Å². The van der Waals surface area contributed by atoms with E-state index in [2.05, 4.69) is 0 Å². The van der Waals surface area contributed by atoms with E-state index in [1.165, 1.54) is 0 Å². The fraction of sp³-hybridized carbons (Fsp3) is 1.00. The van der Waals surface area contributed by atoms with Crippen LogP contribution in [0.4, 0.5) is 0 Å². The second-order valence-corrected chi connectivity index (χ2v) is 14.2. The molecule has 328 valence electrons. The van der Waals surface area contributed by atoms with Crippen molar-refractivity contribution in [2.24, 2.45) is 0 Å². The van der Waals surface area contributed by atoms with Crippen molar-refractivity contribution in [2.75, 3.05) is 59.5 Å². The molecule has 0 aromatic carbocycles. The number of aliphatic hydroxyl groups excluding tert-OH is 17. The zero-order valence-corrected chi connectivity index (χ0v) is 29.5. The standard InChI is InChI=1S/C30H52O26/c31-1-10-16(38)22(44)27(6-34,52-10)48-5-14-19(41)25(47)30(55-14,9-50-28(7-35)23(45)17(39)11(2-32)53-28)49-4-13-15(37)20(42)21(43)26(51-13)56-29(8-36)24(46)18(40)12(3-33)54-29/h10-26,31-47H,1-9H2/t10-,11-,12+,13+,14-,15+,16-,17-,18+,19-,20-,21+,22+,23+,24-,25+,26+,27-,28-,29-,30-/m0/s1. The molecule has 0 unspecified atom stereocenters. The lowest BCUT2D eigenvalue weighted by Gasteiger charge is -2.44. The van der Waals surface area contributed by atoms with E-state index in [1.54, 1.807) is 0 Å². The van der Waals surface area contributed by atoms with E-state index in [4.69, 9.17) is 42.6 Å². The van der Waals surface area contributed by atoms with E-state index in [0.29, 0.717) is 0 Å². The third-order valence-corrected chi connectivity index (χ3v) is 10.7. The van der Waals surface area contributed by atoms with Gasteiger partial charge in [0.2, 0.25) is 23.1 Å². The Hall–Kier alpha value is -1.04. The maximum Gasteiger partial charge on any atom is 0.224 e. The third-order valence-electron chi connectivity index (χ3n) is 10.7. The molecule has 5 heterocycles. The summed E-state index contributed by atoms with van der Waals surface area (Å²) < 4.78 is 49.8. The van der Waals surface area contributed by atoms with Crippen molar-refractivity contribution in [2.45, 2.75) is 127 Å². The van der Waals surface area contributed by atoms with Crippen LogP contribution in [0.1, 0.15) is 0 Å². The lowest BCUT2D eigenvalue weighted by molar-refractivity contribution is -0.391. The van der Waals surface area contributed by atoms with Crippen LogP contribution in [0.5, 0.6) is 0 Å². The van der Waals surface area contributed by atoms with Gasteiger partial charge in [0.1, 0.15) is 124 Å². The van der Waals surface area contributed by atoms with Gasteiger partial charge in [0, 0.05) is 0 Å². The molecule has 0 amide bonds. The highest BCUT2D eigenvalue weighted by molar-refractivity contribution is 5.03. The van der Waals surface area contributed by atoms with Crippen LogP contribution in [0.15, 0.2) is 0 Å². The molecule has 5 saturated heterocycles. The molecule has 26 nitrogen and oxygen atoms in total. The van der Waals surface area contributed by atoms with Crippen LogP contribution in [0.2, 0.25) is 0 Å². The zero-order chi connectivity index (χ0) is 41.5. The van der Waals surface area contributed by atoms with Gasteiger partial charge in [-0.05, 0) is 0 Å². The lowest BCUT2D eigenvalue weighted by Crippen LogP contribution is -2.63. The average Bonchev–Trinajstić information content (AvgIpc) is 3.80. The topological polar surface area (TPSA) is 427 Å². The molecule has 17 N–H and O–H groups in total. The summed E-state index contributed by atoms with van der Waals surface area (Å²) in [5.41, 5.74) is 0. The van der Waals surface area contributed by atoms with Crippen LogP contribution < -0.4 is 0 Å². The molecule has 0 aromatic rings. The van der Waals surface area contributed by atoms with Crippen molar-refractivity contribution in [1.29, 1.82) is 0 Å². The van der Waals surface area contributed by atoms with E-state index in [-0.39, 0.29) is 0 Å². The summed E-state index contributed by atoms with van der Waals surface area (Å²) in [6, 6.07) is 0. The molecule has 0 spiro atoms. The van der Waals surface area contributed by atoms with Crippen LogP contribution in [0.25, 0.3) is 0 Å². The lowest BCUT2D eigenvalue weighted by atomic mass is 9.98. The highest BCUT2D eigenvalue weighted by Crippen LogP contribution is 2.41. The molecule has 26 heteroatoms. The van der Waals surface area contributed by atoms with Gasteiger partial charge in [0.15, 0.2) is 6.29 Å². The second-order valence-electron chi connectivity index (χ2n) is 14.2. The second kappa shape index (κ2) is 17.9. The Kier molecular flexibility index (Phi) is 14.7. The van der Waals surface area contributed by atoms with Gasteiger partial charge in [-0.25, -0.2) is 0 Å². The van der Waals surface area contributed by atoms with Crippen molar-refractivity contribution in [3.05, 3.63) is 0 Å². The predicted molar refractivity (Wildman–Crippen MR) is 167 cm³/mol. The van der Waals surface area contributed by atoms with Crippen LogP contribution in [-0.4, -0.2) is 273 Å². The number of rotatable bonds is 17. The summed E-state index contributed by atoms with van der Waals surface area (Å²) in [6.07, 6.45) is -32.0. The van der Waals surface area contributed by atoms with Crippen molar-refractivity contribution < 1.29 is 129 Å². The highest BCUT2D eigenvalue weighted by Gasteiger charge is 2.63. The first-order valence-electron chi connectivity index (χ1n) is 17.5. The molecule has 5 fully saturated rings. The van der Waals surface area contributed by atoms with E-state index in [9.17, 15) is 86.8 Å². The quantitative estimate of drug-likeness (QED) is 0.0647. The van der Waals surface area contributed by atoms with Gasteiger partial charge in [-0.15, -0.1) is 0 Å². The fourth-order valence-corrected chi connectivity index (χ4v) is 7.16.